The molecule has 2 rings (SSSR count). The highest BCUT2D eigenvalue weighted by Gasteiger charge is 2.17. The monoisotopic (exact) mass is 287 g/mol. The molecule has 0 fully saturated rings. The number of nitrogens with one attached hydrogen (secondary N) is 1. The first-order valence-corrected chi connectivity index (χ1v) is 6.92. The van der Waals surface area contributed by atoms with Crippen molar-refractivity contribution in [2.75, 3.05) is 6.61 Å². The van der Waals surface area contributed by atoms with Crippen LogP contribution in [0.3, 0.4) is 0 Å². The summed E-state index contributed by atoms with van der Waals surface area (Å²) in [6, 6.07) is 0. The molecule has 0 unspecified atom stereocenters. The van der Waals surface area contributed by atoms with Crippen LogP contribution in [0.2, 0.25) is 0 Å². The summed E-state index contributed by atoms with van der Waals surface area (Å²) in [6.07, 6.45) is 2.54. The topological polar surface area (TPSA) is 123 Å². The summed E-state index contributed by atoms with van der Waals surface area (Å²) in [6.45, 7) is 1.67. The van der Waals surface area contributed by atoms with Crippen LogP contribution in [0.15, 0.2) is 21.8 Å². The highest BCUT2D eigenvalue weighted by molar-refractivity contribution is 7.89. The number of hydrogen-bond donors (Lipinski definition) is 2. The second kappa shape index (κ2) is 5.47. The molecule has 0 radical (unpaired) electrons. The van der Waals surface area contributed by atoms with Crippen molar-refractivity contribution < 1.29 is 18.0 Å². The van der Waals surface area contributed by atoms with E-state index in [-0.39, 0.29) is 30.5 Å². The number of rotatable bonds is 6. The number of aliphatic hydroxyl groups excluding tert-OH is 1. The predicted molar refractivity (Wildman–Crippen MR) is 62.4 cm³/mol. The Hall–Kier alpha value is -1.78. The van der Waals surface area contributed by atoms with Crippen molar-refractivity contribution in [2.45, 2.75) is 24.9 Å². The smallest absolute Gasteiger partial charge is 0.244 e. The zero-order chi connectivity index (χ0) is 13.9. The average molecular weight is 287 g/mol. The lowest BCUT2D eigenvalue weighted by molar-refractivity contribution is 0.269. The molecule has 9 nitrogen and oxygen atoms in total. The Morgan fingerprint density at radius 3 is 2.95 bits per heavy atom. The Kier molecular flexibility index (Phi) is 3.93. The van der Waals surface area contributed by atoms with Crippen LogP contribution in [-0.4, -0.2) is 40.1 Å². The van der Waals surface area contributed by atoms with Gasteiger partial charge in [0, 0.05) is 6.20 Å². The van der Waals surface area contributed by atoms with Crippen LogP contribution in [0.5, 0.6) is 0 Å². The van der Waals surface area contributed by atoms with Crippen LogP contribution >= 0.6 is 0 Å². The lowest BCUT2D eigenvalue weighted by Gasteiger charge is -2.01. The minimum atomic E-state index is -3.69. The normalized spacial score (nSPS) is 11.9. The van der Waals surface area contributed by atoms with Crippen molar-refractivity contribution in [3.8, 4) is 0 Å². The lowest BCUT2D eigenvalue weighted by atomic mass is 10.6. The van der Waals surface area contributed by atoms with Crippen LogP contribution in [0, 0.1) is 6.92 Å². The summed E-state index contributed by atoms with van der Waals surface area (Å²) < 4.78 is 32.3. The minimum absolute atomic E-state index is 0.0113. The van der Waals surface area contributed by atoms with Gasteiger partial charge in [-0.05, 0) is 6.92 Å². The van der Waals surface area contributed by atoms with Crippen molar-refractivity contribution in [1.29, 1.82) is 0 Å². The zero-order valence-electron chi connectivity index (χ0n) is 10.1. The highest BCUT2D eigenvalue weighted by atomic mass is 32.2. The number of sulfonamides is 1. The van der Waals surface area contributed by atoms with Gasteiger partial charge in [0.2, 0.25) is 15.9 Å². The maximum Gasteiger partial charge on any atom is 0.244 e. The molecule has 0 atom stereocenters. The molecule has 0 aliphatic carbocycles. The summed E-state index contributed by atoms with van der Waals surface area (Å²) in [4.78, 5) is 3.89. The molecule has 0 saturated heterocycles. The molecule has 0 amide bonds. The molecule has 0 bridgehead atoms. The van der Waals surface area contributed by atoms with E-state index >= 15 is 0 Å². The third-order valence-corrected chi connectivity index (χ3v) is 3.59. The van der Waals surface area contributed by atoms with Gasteiger partial charge in [0.25, 0.3) is 0 Å². The Morgan fingerprint density at radius 2 is 2.32 bits per heavy atom. The van der Waals surface area contributed by atoms with Crippen molar-refractivity contribution in [1.82, 2.24) is 24.6 Å². The second-order valence-electron chi connectivity index (χ2n) is 3.72. The van der Waals surface area contributed by atoms with Gasteiger partial charge >= 0.3 is 0 Å². The van der Waals surface area contributed by atoms with E-state index in [9.17, 15) is 8.42 Å². The Morgan fingerprint density at radius 1 is 1.53 bits per heavy atom. The van der Waals surface area contributed by atoms with Crippen LogP contribution in [0.25, 0.3) is 0 Å². The zero-order valence-corrected chi connectivity index (χ0v) is 11.0. The Bertz CT molecular complexity index is 647. The van der Waals surface area contributed by atoms with Crippen LogP contribution < -0.4 is 4.72 Å². The molecule has 0 aliphatic rings. The van der Waals surface area contributed by atoms with Gasteiger partial charge in [-0.1, -0.05) is 5.16 Å². The van der Waals surface area contributed by atoms with E-state index in [1.54, 1.807) is 6.92 Å². The molecule has 2 N–H and O–H groups in total. The number of hydrogen-bond acceptors (Lipinski definition) is 7. The molecular formula is C9H13N5O4S. The predicted octanol–water partition coefficient (Wildman–Crippen LogP) is -0.955. The van der Waals surface area contributed by atoms with Crippen molar-refractivity contribution in [3.05, 3.63) is 24.1 Å². The van der Waals surface area contributed by atoms with Gasteiger partial charge < -0.3 is 9.63 Å². The fourth-order valence-corrected chi connectivity index (χ4v) is 2.29. The molecule has 2 heterocycles. The van der Waals surface area contributed by atoms with Gasteiger partial charge in [-0.3, -0.25) is 4.68 Å². The first-order chi connectivity index (χ1) is 9.01. The second-order valence-corrected chi connectivity index (χ2v) is 5.49. The minimum Gasteiger partial charge on any atom is -0.394 e. The van der Waals surface area contributed by atoms with E-state index in [1.807, 2.05) is 0 Å². The summed E-state index contributed by atoms with van der Waals surface area (Å²) in [7, 11) is -3.69. The van der Waals surface area contributed by atoms with Crippen molar-refractivity contribution in [2.24, 2.45) is 0 Å². The first-order valence-electron chi connectivity index (χ1n) is 5.43. The molecule has 19 heavy (non-hydrogen) atoms. The fourth-order valence-electron chi connectivity index (χ4n) is 1.36. The fraction of sp³-hybridized carbons (Fsp3) is 0.444. The summed E-state index contributed by atoms with van der Waals surface area (Å²) in [5, 5.41) is 16.1. The maximum atomic E-state index is 11.9. The van der Waals surface area contributed by atoms with E-state index in [4.69, 9.17) is 9.63 Å². The highest BCUT2D eigenvalue weighted by Crippen LogP contribution is 2.07. The first kappa shape index (κ1) is 13.6. The molecule has 10 heteroatoms. The maximum absolute atomic E-state index is 11.9. The van der Waals surface area contributed by atoms with Gasteiger partial charge in [-0.25, -0.2) is 13.1 Å². The van der Waals surface area contributed by atoms with E-state index in [0.717, 1.165) is 0 Å². The SMILES string of the molecule is Cc1noc(CNS(=O)(=O)c2cnn(CCO)c2)n1. The molecule has 0 aliphatic heterocycles. The van der Waals surface area contributed by atoms with Crippen LogP contribution in [0.1, 0.15) is 11.7 Å². The van der Waals surface area contributed by atoms with Gasteiger partial charge in [-0.15, -0.1) is 0 Å². The molecule has 0 aromatic carbocycles. The molecule has 0 saturated carbocycles. The average Bonchev–Trinajstić information content (AvgIpc) is 2.97. The quantitative estimate of drug-likeness (QED) is 0.701. The molecule has 0 spiro atoms. The molecule has 2 aromatic rings. The summed E-state index contributed by atoms with van der Waals surface area (Å²) >= 11 is 0. The van der Waals surface area contributed by atoms with E-state index in [2.05, 4.69) is 20.0 Å². The number of aliphatic hydroxyl groups is 1. The largest absolute Gasteiger partial charge is 0.394 e. The van der Waals surface area contributed by atoms with E-state index in [0.29, 0.717) is 5.82 Å². The van der Waals surface area contributed by atoms with E-state index < -0.39 is 10.0 Å². The van der Waals surface area contributed by atoms with E-state index in [1.165, 1.54) is 17.1 Å². The van der Waals surface area contributed by atoms with Gasteiger partial charge in [0.05, 0.1) is 25.9 Å². The number of aryl methyl sites for hydroxylation is 1. The third kappa shape index (κ3) is 3.36. The van der Waals surface area contributed by atoms with Gasteiger partial charge in [0.15, 0.2) is 5.82 Å². The molecule has 2 aromatic heterocycles. The van der Waals surface area contributed by atoms with Gasteiger partial charge in [0.1, 0.15) is 4.90 Å². The third-order valence-electron chi connectivity index (χ3n) is 2.23. The number of aromatic nitrogens is 4. The summed E-state index contributed by atoms with van der Waals surface area (Å²) in [5.74, 6) is 0.619. The van der Waals surface area contributed by atoms with Crippen LogP contribution in [-0.2, 0) is 23.1 Å². The van der Waals surface area contributed by atoms with Crippen molar-refractivity contribution >= 4 is 10.0 Å². The number of nitrogens with zero attached hydrogens (tertiary/aromatic N) is 4. The Balaban J connectivity index is 2.04. The van der Waals surface area contributed by atoms with Crippen LogP contribution in [0.4, 0.5) is 0 Å². The van der Waals surface area contributed by atoms with Gasteiger partial charge in [-0.2, -0.15) is 10.1 Å². The Labute approximate surface area is 109 Å². The van der Waals surface area contributed by atoms with Crippen molar-refractivity contribution in [3.63, 3.8) is 0 Å². The standard InChI is InChI=1S/C9H13N5O4S/c1-7-12-9(18-13-7)5-11-19(16,17)8-4-10-14(6-8)2-3-15/h4,6,11,15H,2-3,5H2,1H3. The molecular weight excluding hydrogens is 274 g/mol. The molecule has 104 valence electrons. The lowest BCUT2D eigenvalue weighted by Crippen LogP contribution is -2.23. The summed E-state index contributed by atoms with van der Waals surface area (Å²) in [5.41, 5.74) is 0.